The maximum atomic E-state index is 13.2. The molecule has 2 aromatic rings. The fourth-order valence-electron chi connectivity index (χ4n) is 2.75. The van der Waals surface area contributed by atoms with E-state index >= 15 is 0 Å². The van der Waals surface area contributed by atoms with E-state index in [-0.39, 0.29) is 12.5 Å². The number of hydrogen-bond acceptors (Lipinski definition) is 6. The fraction of sp³-hybridized carbons (Fsp3) is 0.444. The number of sulfonamides is 1. The third-order valence-electron chi connectivity index (χ3n) is 4.04. The summed E-state index contributed by atoms with van der Waals surface area (Å²) in [5, 5.41) is 15.4. The second kappa shape index (κ2) is 11.3. The van der Waals surface area contributed by atoms with Gasteiger partial charge in [-0.1, -0.05) is 12.1 Å². The molecule has 2 aromatic heterocycles. The predicted octanol–water partition coefficient (Wildman–Crippen LogP) is 2.69. The van der Waals surface area contributed by atoms with Crippen LogP contribution in [0.4, 0.5) is 4.79 Å². The van der Waals surface area contributed by atoms with Crippen molar-refractivity contribution in [3.05, 3.63) is 44.8 Å². The maximum Gasteiger partial charge on any atom is 0.405 e. The molecule has 3 N–H and O–H groups in total. The quantitative estimate of drug-likeness (QED) is 0.422. The first kappa shape index (κ1) is 23.3. The highest BCUT2D eigenvalue weighted by Crippen LogP contribution is 2.19. The van der Waals surface area contributed by atoms with Crippen molar-refractivity contribution in [3.8, 4) is 0 Å². The van der Waals surface area contributed by atoms with Crippen LogP contribution in [0.1, 0.15) is 29.0 Å². The molecule has 0 radical (unpaired) electrons. The summed E-state index contributed by atoms with van der Waals surface area (Å²) in [5.74, 6) is -0.287. The lowest BCUT2D eigenvalue weighted by Gasteiger charge is -2.27. The molecule has 0 spiro atoms. The SMILES string of the molecule is CS(=O)(=O)NCCCC[C@H](NC(=O)O)C(=O)N(Cc1cccs1)Cc1cccs1. The zero-order valence-corrected chi connectivity index (χ0v) is 18.5. The van der Waals surface area contributed by atoms with Crippen LogP contribution in [0.3, 0.4) is 0 Å². The van der Waals surface area contributed by atoms with E-state index in [1.165, 1.54) is 0 Å². The molecule has 0 aliphatic heterocycles. The number of carbonyl (C=O) groups excluding carboxylic acids is 1. The number of amides is 2. The van der Waals surface area contributed by atoms with Crippen LogP contribution >= 0.6 is 22.7 Å². The first-order valence-electron chi connectivity index (χ1n) is 9.02. The highest BCUT2D eigenvalue weighted by atomic mass is 32.2. The number of rotatable bonds is 12. The standard InChI is InChI=1S/C18H25N3O5S3/c1-29(25,26)19-9-3-2-8-16(20-18(23)24)17(22)21(12-14-6-4-10-27-14)13-15-7-5-11-28-15/h4-7,10-11,16,19-20H,2-3,8-9,12-13H2,1H3,(H,23,24)/t16-/m0/s1. The lowest BCUT2D eigenvalue weighted by atomic mass is 10.1. The molecular weight excluding hydrogens is 434 g/mol. The zero-order valence-electron chi connectivity index (χ0n) is 16.0. The Morgan fingerprint density at radius 2 is 1.69 bits per heavy atom. The van der Waals surface area contributed by atoms with Gasteiger partial charge in [0, 0.05) is 16.3 Å². The summed E-state index contributed by atoms with van der Waals surface area (Å²) >= 11 is 3.08. The molecule has 2 amide bonds. The van der Waals surface area contributed by atoms with Gasteiger partial charge in [0.2, 0.25) is 15.9 Å². The van der Waals surface area contributed by atoms with Crippen LogP contribution in [0, 0.1) is 0 Å². The first-order chi connectivity index (χ1) is 13.7. The minimum absolute atomic E-state index is 0.251. The van der Waals surface area contributed by atoms with Crippen LogP contribution in [0.25, 0.3) is 0 Å². The van der Waals surface area contributed by atoms with Crippen molar-refractivity contribution in [3.63, 3.8) is 0 Å². The van der Waals surface area contributed by atoms with E-state index in [9.17, 15) is 18.0 Å². The van der Waals surface area contributed by atoms with Crippen LogP contribution in [0.5, 0.6) is 0 Å². The molecular formula is C18H25N3O5S3. The number of unbranched alkanes of at least 4 members (excludes halogenated alkanes) is 1. The van der Waals surface area contributed by atoms with E-state index < -0.39 is 22.2 Å². The van der Waals surface area contributed by atoms with E-state index in [0.717, 1.165) is 16.0 Å². The van der Waals surface area contributed by atoms with Gasteiger partial charge in [-0.25, -0.2) is 17.9 Å². The first-order valence-corrected chi connectivity index (χ1v) is 12.7. The van der Waals surface area contributed by atoms with Gasteiger partial charge in [0.05, 0.1) is 19.3 Å². The Morgan fingerprint density at radius 1 is 1.10 bits per heavy atom. The van der Waals surface area contributed by atoms with Crippen molar-refractivity contribution in [1.82, 2.24) is 14.9 Å². The smallest absolute Gasteiger partial charge is 0.405 e. The third-order valence-corrected chi connectivity index (χ3v) is 6.50. The van der Waals surface area contributed by atoms with Crippen molar-refractivity contribution in [2.24, 2.45) is 0 Å². The summed E-state index contributed by atoms with van der Waals surface area (Å²) in [7, 11) is -3.26. The van der Waals surface area contributed by atoms with Gasteiger partial charge in [0.1, 0.15) is 6.04 Å². The Kier molecular flexibility index (Phi) is 9.08. The summed E-state index contributed by atoms with van der Waals surface area (Å²) < 4.78 is 24.6. The predicted molar refractivity (Wildman–Crippen MR) is 115 cm³/mol. The van der Waals surface area contributed by atoms with Gasteiger partial charge in [0.25, 0.3) is 0 Å². The van der Waals surface area contributed by atoms with Crippen LogP contribution in [-0.4, -0.2) is 49.3 Å². The number of nitrogens with one attached hydrogen (secondary N) is 2. The van der Waals surface area contributed by atoms with E-state index in [0.29, 0.717) is 32.4 Å². The van der Waals surface area contributed by atoms with Gasteiger partial charge in [-0.3, -0.25) is 4.79 Å². The topological polar surface area (TPSA) is 116 Å². The van der Waals surface area contributed by atoms with Crippen LogP contribution < -0.4 is 10.0 Å². The minimum Gasteiger partial charge on any atom is -0.465 e. The number of carbonyl (C=O) groups is 2. The number of nitrogens with zero attached hydrogens (tertiary/aromatic N) is 1. The molecule has 0 aliphatic carbocycles. The lowest BCUT2D eigenvalue weighted by Crippen LogP contribution is -2.47. The molecule has 0 saturated heterocycles. The van der Waals surface area contributed by atoms with E-state index in [1.807, 2.05) is 35.0 Å². The van der Waals surface area contributed by atoms with Crippen molar-refractivity contribution in [2.45, 2.75) is 38.4 Å². The summed E-state index contributed by atoms with van der Waals surface area (Å²) in [6.45, 7) is 1.06. The Morgan fingerprint density at radius 3 is 2.14 bits per heavy atom. The largest absolute Gasteiger partial charge is 0.465 e. The van der Waals surface area contributed by atoms with Crippen molar-refractivity contribution in [1.29, 1.82) is 0 Å². The van der Waals surface area contributed by atoms with Gasteiger partial charge >= 0.3 is 6.09 Å². The average molecular weight is 460 g/mol. The zero-order chi connectivity index (χ0) is 21.3. The second-order valence-corrected chi connectivity index (χ2v) is 10.4. The minimum atomic E-state index is -3.26. The molecule has 2 heterocycles. The number of thiophene rings is 2. The van der Waals surface area contributed by atoms with Crippen LogP contribution in [0.2, 0.25) is 0 Å². The van der Waals surface area contributed by atoms with Crippen LogP contribution in [0.15, 0.2) is 35.0 Å². The van der Waals surface area contributed by atoms with Crippen molar-refractivity contribution in [2.75, 3.05) is 12.8 Å². The maximum absolute atomic E-state index is 13.2. The summed E-state index contributed by atoms with van der Waals surface area (Å²) in [6, 6.07) is 6.82. The molecule has 8 nitrogen and oxygen atoms in total. The van der Waals surface area contributed by atoms with Gasteiger partial charge in [-0.2, -0.15) is 0 Å². The summed E-state index contributed by atoms with van der Waals surface area (Å²) in [5.41, 5.74) is 0. The lowest BCUT2D eigenvalue weighted by molar-refractivity contribution is -0.134. The molecule has 160 valence electrons. The molecule has 0 fully saturated rings. The summed E-state index contributed by atoms with van der Waals surface area (Å²) in [4.78, 5) is 28.1. The molecule has 29 heavy (non-hydrogen) atoms. The number of hydrogen-bond donors (Lipinski definition) is 3. The normalized spacial score (nSPS) is 12.4. The van der Waals surface area contributed by atoms with E-state index in [2.05, 4.69) is 10.0 Å². The molecule has 11 heteroatoms. The summed E-state index contributed by atoms with van der Waals surface area (Å²) in [6.07, 6.45) is 1.13. The van der Waals surface area contributed by atoms with Gasteiger partial charge in [-0.05, 0) is 42.2 Å². The second-order valence-electron chi connectivity index (χ2n) is 6.52. The molecule has 1 atom stereocenters. The number of carboxylic acid groups (broad SMARTS) is 1. The van der Waals surface area contributed by atoms with Gasteiger partial charge < -0.3 is 15.3 Å². The highest BCUT2D eigenvalue weighted by Gasteiger charge is 2.26. The Labute approximate surface area is 178 Å². The van der Waals surface area contributed by atoms with Gasteiger partial charge in [-0.15, -0.1) is 22.7 Å². The van der Waals surface area contributed by atoms with Crippen LogP contribution in [-0.2, 0) is 27.9 Å². The molecule has 2 rings (SSSR count). The highest BCUT2D eigenvalue weighted by molar-refractivity contribution is 7.88. The monoisotopic (exact) mass is 459 g/mol. The molecule has 0 unspecified atom stereocenters. The average Bonchev–Trinajstić information content (AvgIpc) is 3.32. The van der Waals surface area contributed by atoms with Crippen molar-refractivity contribution < 1.29 is 23.1 Å². The Balaban J connectivity index is 2.03. The molecule has 0 saturated carbocycles. The Hall–Kier alpha value is -1.95. The van der Waals surface area contributed by atoms with Gasteiger partial charge in [0.15, 0.2) is 0 Å². The Bertz CT molecular complexity index is 830. The molecule has 0 aromatic carbocycles. The molecule has 0 bridgehead atoms. The van der Waals surface area contributed by atoms with E-state index in [4.69, 9.17) is 5.11 Å². The van der Waals surface area contributed by atoms with E-state index in [1.54, 1.807) is 27.6 Å². The molecule has 0 aliphatic rings. The van der Waals surface area contributed by atoms with Crippen molar-refractivity contribution >= 4 is 44.7 Å². The fourth-order valence-corrected chi connectivity index (χ4v) is 4.70. The third kappa shape index (κ3) is 8.94.